The molecule has 2 amide bonds. The maximum Gasteiger partial charge on any atom is 0.224 e. The van der Waals surface area contributed by atoms with Crippen molar-refractivity contribution in [3.8, 4) is 5.75 Å². The zero-order chi connectivity index (χ0) is 18.1. The van der Waals surface area contributed by atoms with Crippen LogP contribution in [0.15, 0.2) is 18.2 Å². The number of aryl methyl sites for hydroxylation is 1. The first-order chi connectivity index (χ1) is 12.1. The normalized spacial score (nSPS) is 14.4. The van der Waals surface area contributed by atoms with Crippen molar-refractivity contribution in [3.63, 3.8) is 0 Å². The summed E-state index contributed by atoms with van der Waals surface area (Å²) in [6, 6.07) is 5.75. The van der Waals surface area contributed by atoms with Crippen molar-refractivity contribution >= 4 is 17.5 Å². The van der Waals surface area contributed by atoms with E-state index in [-0.39, 0.29) is 17.9 Å². The molecule has 6 heteroatoms. The number of nitrogens with one attached hydrogen (secondary N) is 2. The Morgan fingerprint density at radius 2 is 2.20 bits per heavy atom. The van der Waals surface area contributed by atoms with Gasteiger partial charge < -0.3 is 21.1 Å². The number of rotatable bonds is 10. The number of fused-ring (bicyclic) bond motifs is 1. The highest BCUT2D eigenvalue weighted by Crippen LogP contribution is 2.26. The molecule has 6 nitrogen and oxygen atoms in total. The lowest BCUT2D eigenvalue weighted by atomic mass is 10.0. The van der Waals surface area contributed by atoms with Gasteiger partial charge in [-0.05, 0) is 43.0 Å². The smallest absolute Gasteiger partial charge is 0.224 e. The van der Waals surface area contributed by atoms with Gasteiger partial charge in [-0.2, -0.15) is 0 Å². The lowest BCUT2D eigenvalue weighted by Gasteiger charge is -2.18. The first kappa shape index (κ1) is 19.2. The summed E-state index contributed by atoms with van der Waals surface area (Å²) in [5.41, 5.74) is 7.65. The van der Waals surface area contributed by atoms with Crippen LogP contribution in [0.3, 0.4) is 0 Å². The summed E-state index contributed by atoms with van der Waals surface area (Å²) < 4.78 is 5.73. The first-order valence-corrected chi connectivity index (χ1v) is 9.17. The van der Waals surface area contributed by atoms with E-state index in [1.807, 2.05) is 18.2 Å². The number of carbonyl (C=O) groups excluding carboxylic acids is 2. The van der Waals surface area contributed by atoms with Crippen LogP contribution in [0.25, 0.3) is 0 Å². The molecule has 1 aliphatic heterocycles. The molecule has 1 heterocycles. The summed E-state index contributed by atoms with van der Waals surface area (Å²) in [5.74, 6) is 0.864. The van der Waals surface area contributed by atoms with Gasteiger partial charge in [0.1, 0.15) is 5.75 Å². The molecule has 0 radical (unpaired) electrons. The van der Waals surface area contributed by atoms with E-state index in [2.05, 4.69) is 17.6 Å². The van der Waals surface area contributed by atoms with Crippen molar-refractivity contribution in [2.45, 2.75) is 57.9 Å². The maximum absolute atomic E-state index is 11.9. The van der Waals surface area contributed by atoms with E-state index in [0.717, 1.165) is 42.7 Å². The molecule has 138 valence electrons. The van der Waals surface area contributed by atoms with Crippen molar-refractivity contribution in [1.82, 2.24) is 5.32 Å². The molecule has 0 spiro atoms. The average Bonchev–Trinajstić information content (AvgIpc) is 2.62. The third-order valence-electron chi connectivity index (χ3n) is 4.34. The maximum atomic E-state index is 11.9. The van der Waals surface area contributed by atoms with Crippen molar-refractivity contribution in [3.05, 3.63) is 23.8 Å². The highest BCUT2D eigenvalue weighted by Gasteiger charge is 2.15. The molecule has 1 atom stereocenters. The molecule has 0 saturated carbocycles. The summed E-state index contributed by atoms with van der Waals surface area (Å²) in [7, 11) is 0. The van der Waals surface area contributed by atoms with Gasteiger partial charge in [-0.15, -0.1) is 0 Å². The molecule has 4 N–H and O–H groups in total. The summed E-state index contributed by atoms with van der Waals surface area (Å²) in [6.45, 7) is 3.09. The lowest BCUT2D eigenvalue weighted by molar-refractivity contribution is -0.122. The number of hydrogen-bond acceptors (Lipinski definition) is 4. The largest absolute Gasteiger partial charge is 0.494 e. The van der Waals surface area contributed by atoms with Crippen LogP contribution in [-0.2, 0) is 16.0 Å². The standard InChI is InChI=1S/C19H29N3O3/c1-2-3-5-15(13-20)21-18(23)6-4-11-25-16-8-9-17-14(12-16)7-10-19(24)22-17/h8-9,12,15H,2-7,10-11,13,20H2,1H3,(H,21,23)(H,22,24). The fourth-order valence-electron chi connectivity index (χ4n) is 2.87. The van der Waals surface area contributed by atoms with Gasteiger partial charge in [-0.25, -0.2) is 0 Å². The minimum Gasteiger partial charge on any atom is -0.494 e. The van der Waals surface area contributed by atoms with Crippen molar-refractivity contribution in [2.24, 2.45) is 5.73 Å². The van der Waals surface area contributed by atoms with Crippen LogP contribution in [0, 0.1) is 0 Å². The van der Waals surface area contributed by atoms with E-state index in [4.69, 9.17) is 10.5 Å². The third kappa shape index (κ3) is 6.38. The molecule has 25 heavy (non-hydrogen) atoms. The van der Waals surface area contributed by atoms with Crippen LogP contribution in [0.2, 0.25) is 0 Å². The Hall–Kier alpha value is -2.08. The zero-order valence-electron chi connectivity index (χ0n) is 15.0. The molecular formula is C19H29N3O3. The molecule has 0 fully saturated rings. The quantitative estimate of drug-likeness (QED) is 0.566. The molecule has 0 saturated heterocycles. The van der Waals surface area contributed by atoms with Crippen LogP contribution >= 0.6 is 0 Å². The molecule has 1 unspecified atom stereocenters. The van der Waals surface area contributed by atoms with E-state index >= 15 is 0 Å². The second-order valence-corrected chi connectivity index (χ2v) is 6.46. The Balaban J connectivity index is 1.69. The van der Waals surface area contributed by atoms with Gasteiger partial charge in [-0.3, -0.25) is 9.59 Å². The molecule has 0 aromatic heterocycles. The number of amides is 2. The number of unbranched alkanes of at least 4 members (excludes halogenated alkanes) is 1. The first-order valence-electron chi connectivity index (χ1n) is 9.17. The lowest BCUT2D eigenvalue weighted by Crippen LogP contribution is -2.40. The minimum absolute atomic E-state index is 0.0308. The van der Waals surface area contributed by atoms with Crippen LogP contribution < -0.4 is 21.1 Å². The van der Waals surface area contributed by atoms with Crippen molar-refractivity contribution in [1.29, 1.82) is 0 Å². The fourth-order valence-corrected chi connectivity index (χ4v) is 2.87. The van der Waals surface area contributed by atoms with Crippen molar-refractivity contribution < 1.29 is 14.3 Å². The summed E-state index contributed by atoms with van der Waals surface area (Å²) in [4.78, 5) is 23.3. The van der Waals surface area contributed by atoms with E-state index in [1.165, 1.54) is 0 Å². The van der Waals surface area contributed by atoms with Crippen LogP contribution in [0.1, 0.15) is 51.0 Å². The van der Waals surface area contributed by atoms with E-state index in [1.54, 1.807) is 0 Å². The third-order valence-corrected chi connectivity index (χ3v) is 4.34. The van der Waals surface area contributed by atoms with Gasteiger partial charge >= 0.3 is 0 Å². The van der Waals surface area contributed by atoms with E-state index in [0.29, 0.717) is 32.4 Å². The van der Waals surface area contributed by atoms with Gasteiger partial charge in [0.05, 0.1) is 6.61 Å². The molecule has 0 bridgehead atoms. The second-order valence-electron chi connectivity index (χ2n) is 6.46. The van der Waals surface area contributed by atoms with Gasteiger partial charge in [0.15, 0.2) is 0 Å². The topological polar surface area (TPSA) is 93.4 Å². The molecular weight excluding hydrogens is 318 g/mol. The number of carbonyl (C=O) groups is 2. The number of nitrogens with two attached hydrogens (primary N) is 1. The van der Waals surface area contributed by atoms with Gasteiger partial charge in [0.2, 0.25) is 11.8 Å². The van der Waals surface area contributed by atoms with Crippen LogP contribution in [0.5, 0.6) is 5.75 Å². The summed E-state index contributed by atoms with van der Waals surface area (Å²) in [5, 5.41) is 5.84. The number of ether oxygens (including phenoxy) is 1. The molecule has 1 aromatic rings. The predicted molar refractivity (Wildman–Crippen MR) is 98.6 cm³/mol. The summed E-state index contributed by atoms with van der Waals surface area (Å²) >= 11 is 0. The number of anilines is 1. The van der Waals surface area contributed by atoms with Crippen molar-refractivity contribution in [2.75, 3.05) is 18.5 Å². The Morgan fingerprint density at radius 3 is 2.96 bits per heavy atom. The van der Waals surface area contributed by atoms with Crippen LogP contribution in [-0.4, -0.2) is 31.0 Å². The van der Waals surface area contributed by atoms with E-state index < -0.39 is 0 Å². The monoisotopic (exact) mass is 347 g/mol. The Kier molecular flexibility index (Phi) is 7.73. The average molecular weight is 347 g/mol. The van der Waals surface area contributed by atoms with E-state index in [9.17, 15) is 9.59 Å². The highest BCUT2D eigenvalue weighted by molar-refractivity contribution is 5.94. The Labute approximate surface area is 149 Å². The molecule has 1 aliphatic rings. The Bertz CT molecular complexity index is 589. The van der Waals surface area contributed by atoms with Crippen LogP contribution in [0.4, 0.5) is 5.69 Å². The van der Waals surface area contributed by atoms with Gasteiger partial charge in [0, 0.05) is 31.1 Å². The molecule has 2 rings (SSSR count). The fraction of sp³-hybridized carbons (Fsp3) is 0.579. The SMILES string of the molecule is CCCCC(CN)NC(=O)CCCOc1ccc2c(c1)CCC(=O)N2. The zero-order valence-corrected chi connectivity index (χ0v) is 15.0. The number of benzene rings is 1. The number of hydrogen-bond donors (Lipinski definition) is 3. The molecule has 1 aromatic carbocycles. The predicted octanol–water partition coefficient (Wildman–Crippen LogP) is 2.36. The minimum atomic E-state index is 0.0308. The highest BCUT2D eigenvalue weighted by atomic mass is 16.5. The van der Waals surface area contributed by atoms with Gasteiger partial charge in [-0.1, -0.05) is 19.8 Å². The van der Waals surface area contributed by atoms with Gasteiger partial charge in [0.25, 0.3) is 0 Å². The Morgan fingerprint density at radius 1 is 1.36 bits per heavy atom. The molecule has 0 aliphatic carbocycles. The second kappa shape index (κ2) is 10.0. The summed E-state index contributed by atoms with van der Waals surface area (Å²) in [6.07, 6.45) is 5.44.